The minimum absolute atomic E-state index is 0. The molecule has 0 radical (unpaired) electrons. The molecule has 0 aromatic rings. The maximum absolute atomic E-state index is 12.1. The van der Waals surface area contributed by atoms with Crippen molar-refractivity contribution in [3.05, 3.63) is 0 Å². The van der Waals surface area contributed by atoms with Gasteiger partial charge in [-0.1, -0.05) is 25.7 Å². The van der Waals surface area contributed by atoms with Crippen molar-refractivity contribution in [1.82, 2.24) is 5.32 Å². The molecular weight excluding hydrogens is 236 g/mol. The highest BCUT2D eigenvalue weighted by Crippen LogP contribution is 2.31. The second-order valence-corrected chi connectivity index (χ2v) is 5.38. The summed E-state index contributed by atoms with van der Waals surface area (Å²) < 4.78 is 0. The van der Waals surface area contributed by atoms with E-state index in [0.717, 1.165) is 12.8 Å². The predicted molar refractivity (Wildman–Crippen MR) is 72.1 cm³/mol. The molecule has 0 aromatic carbocycles. The van der Waals surface area contributed by atoms with Crippen LogP contribution in [0.3, 0.4) is 0 Å². The van der Waals surface area contributed by atoms with Crippen molar-refractivity contribution in [2.75, 3.05) is 6.54 Å². The van der Waals surface area contributed by atoms with E-state index in [1.807, 2.05) is 0 Å². The van der Waals surface area contributed by atoms with Gasteiger partial charge in [-0.25, -0.2) is 0 Å². The zero-order valence-corrected chi connectivity index (χ0v) is 11.3. The fourth-order valence-electron chi connectivity index (χ4n) is 3.22. The minimum Gasteiger partial charge on any atom is -0.353 e. The first-order valence-electron chi connectivity index (χ1n) is 6.81. The molecule has 4 heteroatoms. The molecule has 0 bridgehead atoms. The van der Waals surface area contributed by atoms with Crippen LogP contribution >= 0.6 is 12.4 Å². The molecular formula is C13H25ClN2O. The molecule has 0 spiro atoms. The topological polar surface area (TPSA) is 55.1 Å². The third kappa shape index (κ3) is 3.85. The number of rotatable bonds is 3. The zero-order chi connectivity index (χ0) is 11.4. The number of amides is 1. The number of nitrogens with one attached hydrogen (secondary N) is 1. The molecule has 0 aliphatic heterocycles. The van der Waals surface area contributed by atoms with E-state index in [9.17, 15) is 4.79 Å². The van der Waals surface area contributed by atoms with Gasteiger partial charge in [-0.2, -0.15) is 0 Å². The molecule has 2 fully saturated rings. The van der Waals surface area contributed by atoms with Crippen LogP contribution in [0.2, 0.25) is 0 Å². The molecule has 0 unspecified atom stereocenters. The Balaban J connectivity index is 0.00000144. The Bertz CT molecular complexity index is 242. The molecule has 1 amide bonds. The molecule has 0 saturated heterocycles. The van der Waals surface area contributed by atoms with E-state index >= 15 is 0 Å². The van der Waals surface area contributed by atoms with Crippen LogP contribution in [0.1, 0.15) is 51.4 Å². The number of carbonyl (C=O) groups excluding carboxylic acids is 1. The van der Waals surface area contributed by atoms with Crippen LogP contribution in [0.15, 0.2) is 0 Å². The Morgan fingerprint density at radius 1 is 1.06 bits per heavy atom. The summed E-state index contributed by atoms with van der Waals surface area (Å²) in [6.07, 6.45) is 9.58. The average Bonchev–Trinajstić information content (AvgIpc) is 2.78. The van der Waals surface area contributed by atoms with Crippen LogP contribution < -0.4 is 11.1 Å². The van der Waals surface area contributed by atoms with Gasteiger partial charge < -0.3 is 11.1 Å². The predicted octanol–water partition coefficient (Wildman–Crippen LogP) is 2.23. The summed E-state index contributed by atoms with van der Waals surface area (Å²) in [5.74, 6) is 0.912. The number of nitrogens with two attached hydrogens (primary N) is 1. The molecule has 2 atom stereocenters. The van der Waals surface area contributed by atoms with Gasteiger partial charge in [0.25, 0.3) is 0 Å². The van der Waals surface area contributed by atoms with Crippen LogP contribution in [0.4, 0.5) is 0 Å². The van der Waals surface area contributed by atoms with E-state index in [-0.39, 0.29) is 24.2 Å². The monoisotopic (exact) mass is 260 g/mol. The third-order valence-corrected chi connectivity index (χ3v) is 4.25. The van der Waals surface area contributed by atoms with Crippen LogP contribution in [0, 0.1) is 11.8 Å². The van der Waals surface area contributed by atoms with Gasteiger partial charge in [0.05, 0.1) is 0 Å². The highest BCUT2D eigenvalue weighted by molar-refractivity contribution is 5.85. The summed E-state index contributed by atoms with van der Waals surface area (Å²) in [6, 6.07) is 0.445. The summed E-state index contributed by atoms with van der Waals surface area (Å²) in [4.78, 5) is 12.1. The Kier molecular flexibility index (Phi) is 6.28. The minimum atomic E-state index is 0. The highest BCUT2D eigenvalue weighted by Gasteiger charge is 2.32. The summed E-state index contributed by atoms with van der Waals surface area (Å²) in [7, 11) is 0. The van der Waals surface area contributed by atoms with E-state index in [4.69, 9.17) is 5.73 Å². The van der Waals surface area contributed by atoms with Crippen molar-refractivity contribution in [1.29, 1.82) is 0 Å². The van der Waals surface area contributed by atoms with Gasteiger partial charge in [0, 0.05) is 12.0 Å². The maximum Gasteiger partial charge on any atom is 0.223 e. The smallest absolute Gasteiger partial charge is 0.223 e. The number of carbonyl (C=O) groups is 1. The summed E-state index contributed by atoms with van der Waals surface area (Å²) in [5.41, 5.74) is 5.72. The average molecular weight is 261 g/mol. The lowest BCUT2D eigenvalue weighted by molar-refractivity contribution is -0.126. The van der Waals surface area contributed by atoms with Crippen molar-refractivity contribution in [3.8, 4) is 0 Å². The van der Waals surface area contributed by atoms with Crippen molar-refractivity contribution in [2.45, 2.75) is 57.4 Å². The Morgan fingerprint density at radius 3 is 2.41 bits per heavy atom. The van der Waals surface area contributed by atoms with Gasteiger partial charge in [0.1, 0.15) is 0 Å². The quantitative estimate of drug-likeness (QED) is 0.818. The van der Waals surface area contributed by atoms with Gasteiger partial charge in [-0.15, -0.1) is 12.4 Å². The fourth-order valence-corrected chi connectivity index (χ4v) is 3.22. The van der Waals surface area contributed by atoms with Gasteiger partial charge >= 0.3 is 0 Å². The zero-order valence-electron chi connectivity index (χ0n) is 10.5. The Hall–Kier alpha value is -0.280. The third-order valence-electron chi connectivity index (χ3n) is 4.25. The first-order valence-corrected chi connectivity index (χ1v) is 6.81. The summed E-state index contributed by atoms with van der Waals surface area (Å²) in [5, 5.41) is 3.23. The normalized spacial score (nSPS) is 29.7. The SMILES string of the molecule is Cl.NC[C@H]1CCC[C@H]1C(=O)NC1CCCCC1. The number of hydrogen-bond donors (Lipinski definition) is 2. The van der Waals surface area contributed by atoms with Crippen molar-refractivity contribution in [2.24, 2.45) is 17.6 Å². The van der Waals surface area contributed by atoms with Crippen LogP contribution in [0.5, 0.6) is 0 Å². The van der Waals surface area contributed by atoms with Crippen LogP contribution in [-0.4, -0.2) is 18.5 Å². The van der Waals surface area contributed by atoms with E-state index in [1.54, 1.807) is 0 Å². The van der Waals surface area contributed by atoms with Crippen molar-refractivity contribution < 1.29 is 4.79 Å². The number of hydrogen-bond acceptors (Lipinski definition) is 2. The van der Waals surface area contributed by atoms with Gasteiger partial charge in [-0.05, 0) is 38.1 Å². The Labute approximate surface area is 110 Å². The largest absolute Gasteiger partial charge is 0.353 e. The summed E-state index contributed by atoms with van der Waals surface area (Å²) >= 11 is 0. The molecule has 2 saturated carbocycles. The summed E-state index contributed by atoms with van der Waals surface area (Å²) in [6.45, 7) is 0.669. The van der Waals surface area contributed by atoms with E-state index < -0.39 is 0 Å². The lowest BCUT2D eigenvalue weighted by Gasteiger charge is -2.26. The lowest BCUT2D eigenvalue weighted by atomic mass is 9.92. The Morgan fingerprint density at radius 2 is 1.76 bits per heavy atom. The molecule has 0 aromatic heterocycles. The highest BCUT2D eigenvalue weighted by atomic mass is 35.5. The molecule has 2 aliphatic rings. The van der Waals surface area contributed by atoms with E-state index in [2.05, 4.69) is 5.32 Å². The second kappa shape index (κ2) is 7.22. The first kappa shape index (κ1) is 14.8. The van der Waals surface area contributed by atoms with Gasteiger partial charge in [0.15, 0.2) is 0 Å². The van der Waals surface area contributed by atoms with E-state index in [0.29, 0.717) is 18.5 Å². The van der Waals surface area contributed by atoms with Gasteiger partial charge in [0.2, 0.25) is 5.91 Å². The molecule has 100 valence electrons. The van der Waals surface area contributed by atoms with E-state index in [1.165, 1.54) is 38.5 Å². The first-order chi connectivity index (χ1) is 7.81. The fraction of sp³-hybridized carbons (Fsp3) is 0.923. The van der Waals surface area contributed by atoms with Crippen molar-refractivity contribution >= 4 is 18.3 Å². The number of halogens is 1. The molecule has 3 N–H and O–H groups in total. The van der Waals surface area contributed by atoms with Gasteiger partial charge in [-0.3, -0.25) is 4.79 Å². The molecule has 2 rings (SSSR count). The van der Waals surface area contributed by atoms with Crippen LogP contribution in [-0.2, 0) is 4.79 Å². The molecule has 17 heavy (non-hydrogen) atoms. The lowest BCUT2D eigenvalue weighted by Crippen LogP contribution is -2.41. The molecule has 0 heterocycles. The van der Waals surface area contributed by atoms with Crippen molar-refractivity contribution in [3.63, 3.8) is 0 Å². The molecule has 3 nitrogen and oxygen atoms in total. The second-order valence-electron chi connectivity index (χ2n) is 5.38. The maximum atomic E-state index is 12.1. The van der Waals surface area contributed by atoms with Crippen LogP contribution in [0.25, 0.3) is 0 Å². The molecule has 2 aliphatic carbocycles. The standard InChI is InChI=1S/C13H24N2O.ClH/c14-9-10-5-4-8-12(10)13(16)15-11-6-2-1-3-7-11;/h10-12H,1-9,14H2,(H,15,16);1H/t10-,12-;/m1./s1.